The lowest BCUT2D eigenvalue weighted by atomic mass is 10.1. The number of carbonyl (C=O) groups excluding carboxylic acids is 1. The maximum absolute atomic E-state index is 12.5. The number of carbonyl (C=O) groups is 1. The van der Waals surface area contributed by atoms with Crippen molar-refractivity contribution in [3.05, 3.63) is 40.8 Å². The van der Waals surface area contributed by atoms with Crippen LogP contribution in [0.1, 0.15) is 13.8 Å². The van der Waals surface area contributed by atoms with Crippen LogP contribution in [0.2, 0.25) is 0 Å². The number of benzene rings is 1. The number of aromatic nitrogens is 1. The lowest BCUT2D eigenvalue weighted by molar-refractivity contribution is -0.131. The van der Waals surface area contributed by atoms with Crippen LogP contribution in [0.4, 0.5) is 0 Å². The summed E-state index contributed by atoms with van der Waals surface area (Å²) in [6.45, 7) is 5.20. The van der Waals surface area contributed by atoms with Gasteiger partial charge in [0.2, 0.25) is 5.91 Å². The first-order valence-corrected chi connectivity index (χ1v) is 7.05. The molecule has 0 aliphatic carbocycles. The van der Waals surface area contributed by atoms with Gasteiger partial charge < -0.3 is 14.2 Å². The number of amides is 1. The van der Waals surface area contributed by atoms with Gasteiger partial charge in [0.05, 0.1) is 12.5 Å². The largest absolute Gasteiger partial charge is 0.497 e. The van der Waals surface area contributed by atoms with Gasteiger partial charge in [0, 0.05) is 19.3 Å². The molecule has 21 heavy (non-hydrogen) atoms. The molecule has 1 aromatic heterocycles. The standard InChI is InChI=1S/C16H20N2O3/c1-4-17(5-2)15(19)11-18-9-8-12-6-7-13(21-3)10-14(12)16(18)20/h6-10H,4-5,11H2,1-3H3. The number of rotatable bonds is 5. The summed E-state index contributed by atoms with van der Waals surface area (Å²) in [5.74, 6) is 0.580. The highest BCUT2D eigenvalue weighted by molar-refractivity contribution is 5.83. The summed E-state index contributed by atoms with van der Waals surface area (Å²) >= 11 is 0. The SMILES string of the molecule is CCN(CC)C(=O)Cn1ccc2ccc(OC)cc2c1=O. The average Bonchev–Trinajstić information content (AvgIpc) is 2.51. The highest BCUT2D eigenvalue weighted by atomic mass is 16.5. The van der Waals surface area contributed by atoms with Crippen molar-refractivity contribution in [2.45, 2.75) is 20.4 Å². The van der Waals surface area contributed by atoms with Crippen LogP contribution in [0.3, 0.4) is 0 Å². The van der Waals surface area contributed by atoms with E-state index >= 15 is 0 Å². The fourth-order valence-electron chi connectivity index (χ4n) is 2.33. The Hall–Kier alpha value is -2.30. The number of hydrogen-bond acceptors (Lipinski definition) is 3. The van der Waals surface area contributed by atoms with Gasteiger partial charge in [0.25, 0.3) is 5.56 Å². The van der Waals surface area contributed by atoms with Crippen molar-refractivity contribution in [1.29, 1.82) is 0 Å². The van der Waals surface area contributed by atoms with Crippen molar-refractivity contribution < 1.29 is 9.53 Å². The van der Waals surface area contributed by atoms with Gasteiger partial charge >= 0.3 is 0 Å². The zero-order valence-corrected chi connectivity index (χ0v) is 12.6. The Labute approximate surface area is 123 Å². The van der Waals surface area contributed by atoms with Crippen LogP contribution in [0, 0.1) is 0 Å². The molecule has 5 heteroatoms. The molecule has 0 atom stereocenters. The molecule has 2 rings (SSSR count). The van der Waals surface area contributed by atoms with Gasteiger partial charge in [0.1, 0.15) is 12.3 Å². The summed E-state index contributed by atoms with van der Waals surface area (Å²) in [4.78, 5) is 26.3. The van der Waals surface area contributed by atoms with E-state index in [1.165, 1.54) is 4.57 Å². The van der Waals surface area contributed by atoms with E-state index in [0.717, 1.165) is 5.39 Å². The monoisotopic (exact) mass is 288 g/mol. The van der Waals surface area contributed by atoms with Gasteiger partial charge in [-0.25, -0.2) is 0 Å². The van der Waals surface area contributed by atoms with Crippen LogP contribution in [0.15, 0.2) is 35.3 Å². The zero-order chi connectivity index (χ0) is 15.4. The van der Waals surface area contributed by atoms with Crippen molar-refractivity contribution in [3.63, 3.8) is 0 Å². The van der Waals surface area contributed by atoms with Crippen molar-refractivity contribution in [2.75, 3.05) is 20.2 Å². The normalized spacial score (nSPS) is 10.6. The van der Waals surface area contributed by atoms with Gasteiger partial charge in [-0.05, 0) is 37.4 Å². The first-order chi connectivity index (χ1) is 10.1. The van der Waals surface area contributed by atoms with Crippen molar-refractivity contribution in [1.82, 2.24) is 9.47 Å². The molecule has 1 aromatic carbocycles. The minimum atomic E-state index is -0.174. The summed E-state index contributed by atoms with van der Waals surface area (Å²) in [6, 6.07) is 7.20. The Bertz CT molecular complexity index is 702. The summed E-state index contributed by atoms with van der Waals surface area (Å²) in [7, 11) is 1.56. The third-order valence-corrected chi connectivity index (χ3v) is 3.61. The maximum atomic E-state index is 12.5. The molecule has 112 valence electrons. The molecule has 0 N–H and O–H groups in total. The van der Waals surface area contributed by atoms with E-state index in [1.807, 2.05) is 32.0 Å². The van der Waals surface area contributed by atoms with Crippen LogP contribution in [0.25, 0.3) is 10.8 Å². The lowest BCUT2D eigenvalue weighted by Crippen LogP contribution is -2.36. The van der Waals surface area contributed by atoms with Crippen molar-refractivity contribution in [2.24, 2.45) is 0 Å². The molecule has 0 saturated heterocycles. The van der Waals surface area contributed by atoms with Gasteiger partial charge in [-0.15, -0.1) is 0 Å². The Morgan fingerprint density at radius 3 is 2.57 bits per heavy atom. The molecule has 0 aliphatic heterocycles. The van der Waals surface area contributed by atoms with E-state index in [4.69, 9.17) is 4.74 Å². The summed E-state index contributed by atoms with van der Waals surface area (Å²) in [5.41, 5.74) is -0.174. The predicted molar refractivity (Wildman–Crippen MR) is 82.7 cm³/mol. The van der Waals surface area contributed by atoms with Crippen LogP contribution in [-0.4, -0.2) is 35.6 Å². The first-order valence-electron chi connectivity index (χ1n) is 7.05. The van der Waals surface area contributed by atoms with E-state index in [0.29, 0.717) is 24.2 Å². The number of hydrogen-bond donors (Lipinski definition) is 0. The summed E-state index contributed by atoms with van der Waals surface area (Å²) < 4.78 is 6.59. The highest BCUT2D eigenvalue weighted by Crippen LogP contribution is 2.17. The number of likely N-dealkylation sites (N-methyl/N-ethyl adjacent to an activating group) is 1. The number of fused-ring (bicyclic) bond motifs is 1. The van der Waals surface area contributed by atoms with Gasteiger partial charge in [-0.3, -0.25) is 9.59 Å². The molecule has 0 aliphatic rings. The lowest BCUT2D eigenvalue weighted by Gasteiger charge is -2.19. The molecule has 2 aromatic rings. The topological polar surface area (TPSA) is 51.5 Å². The van der Waals surface area contributed by atoms with Crippen LogP contribution in [0.5, 0.6) is 5.75 Å². The van der Waals surface area contributed by atoms with E-state index in [9.17, 15) is 9.59 Å². The molecule has 0 saturated carbocycles. The first kappa shape index (κ1) is 15.1. The molecule has 0 radical (unpaired) electrons. The van der Waals surface area contributed by atoms with Crippen molar-refractivity contribution in [3.8, 4) is 5.75 Å². The Balaban J connectivity index is 2.39. The molecule has 0 fully saturated rings. The quantitative estimate of drug-likeness (QED) is 0.844. The number of methoxy groups -OCH3 is 1. The number of pyridine rings is 1. The summed E-state index contributed by atoms with van der Waals surface area (Å²) in [5, 5.41) is 1.40. The van der Waals surface area contributed by atoms with E-state index < -0.39 is 0 Å². The Morgan fingerprint density at radius 2 is 1.95 bits per heavy atom. The molecule has 0 bridgehead atoms. The predicted octanol–water partition coefficient (Wildman–Crippen LogP) is 1.88. The van der Waals surface area contributed by atoms with Gasteiger partial charge in [-0.2, -0.15) is 0 Å². The molecule has 1 amide bonds. The van der Waals surface area contributed by atoms with E-state index in [-0.39, 0.29) is 18.0 Å². The molecule has 1 heterocycles. The summed E-state index contributed by atoms with van der Waals surface area (Å²) in [6.07, 6.45) is 1.67. The Morgan fingerprint density at radius 1 is 1.24 bits per heavy atom. The zero-order valence-electron chi connectivity index (χ0n) is 12.6. The van der Waals surface area contributed by atoms with Crippen molar-refractivity contribution >= 4 is 16.7 Å². The van der Waals surface area contributed by atoms with Crippen LogP contribution in [-0.2, 0) is 11.3 Å². The third kappa shape index (κ3) is 3.07. The number of ether oxygens (including phenoxy) is 1. The van der Waals surface area contributed by atoms with Crippen LogP contribution < -0.4 is 10.3 Å². The fraction of sp³-hybridized carbons (Fsp3) is 0.375. The highest BCUT2D eigenvalue weighted by Gasteiger charge is 2.12. The van der Waals surface area contributed by atoms with E-state index in [2.05, 4.69) is 0 Å². The Kier molecular flexibility index (Phi) is 4.62. The molecule has 0 spiro atoms. The molecular formula is C16H20N2O3. The minimum Gasteiger partial charge on any atom is -0.497 e. The minimum absolute atomic E-state index is 0.0515. The maximum Gasteiger partial charge on any atom is 0.259 e. The van der Waals surface area contributed by atoms with Crippen LogP contribution >= 0.6 is 0 Å². The fourth-order valence-corrected chi connectivity index (χ4v) is 2.33. The second-order valence-electron chi connectivity index (χ2n) is 4.77. The van der Waals surface area contributed by atoms with Gasteiger partial charge in [0.15, 0.2) is 0 Å². The molecular weight excluding hydrogens is 268 g/mol. The second-order valence-corrected chi connectivity index (χ2v) is 4.77. The second kappa shape index (κ2) is 6.43. The molecule has 0 unspecified atom stereocenters. The third-order valence-electron chi connectivity index (χ3n) is 3.61. The van der Waals surface area contributed by atoms with Gasteiger partial charge in [-0.1, -0.05) is 6.07 Å². The van der Waals surface area contributed by atoms with E-state index in [1.54, 1.807) is 24.3 Å². The average molecular weight is 288 g/mol. The smallest absolute Gasteiger partial charge is 0.259 e. The number of nitrogens with zero attached hydrogens (tertiary/aromatic N) is 2. The molecule has 5 nitrogen and oxygen atoms in total.